The lowest BCUT2D eigenvalue weighted by Crippen LogP contribution is -2.20. The van der Waals surface area contributed by atoms with Gasteiger partial charge in [0.25, 0.3) is 0 Å². The second-order valence-electron chi connectivity index (χ2n) is 3.40. The Morgan fingerprint density at radius 1 is 1.06 bits per heavy atom. The molecule has 0 unspecified atom stereocenters. The Hall–Kier alpha value is -1.73. The molecule has 1 aromatic rings. The SMILES string of the molecule is CC(=O)Nc1cccc(C(F)(F)F)c1C(F)(F)F. The number of amides is 1. The Labute approximate surface area is 97.6 Å². The van der Waals surface area contributed by atoms with E-state index in [1.165, 1.54) is 0 Å². The maximum absolute atomic E-state index is 12.6. The van der Waals surface area contributed by atoms with E-state index in [4.69, 9.17) is 0 Å². The molecule has 0 radical (unpaired) electrons. The van der Waals surface area contributed by atoms with Crippen LogP contribution in [0.2, 0.25) is 0 Å². The smallest absolute Gasteiger partial charge is 0.326 e. The van der Waals surface area contributed by atoms with Crippen LogP contribution in [0.25, 0.3) is 0 Å². The first kappa shape index (κ1) is 14.3. The van der Waals surface area contributed by atoms with Gasteiger partial charge < -0.3 is 5.32 Å². The quantitative estimate of drug-likeness (QED) is 0.775. The topological polar surface area (TPSA) is 29.1 Å². The molecule has 2 nitrogen and oxygen atoms in total. The van der Waals surface area contributed by atoms with Crippen molar-refractivity contribution in [1.29, 1.82) is 0 Å². The van der Waals surface area contributed by atoms with E-state index < -0.39 is 35.1 Å². The van der Waals surface area contributed by atoms with Crippen LogP contribution in [0.15, 0.2) is 18.2 Å². The molecule has 1 N–H and O–H groups in total. The number of anilines is 1. The molecule has 0 aromatic heterocycles. The van der Waals surface area contributed by atoms with Gasteiger partial charge in [0, 0.05) is 6.92 Å². The Morgan fingerprint density at radius 3 is 2.00 bits per heavy atom. The maximum Gasteiger partial charge on any atom is 0.419 e. The summed E-state index contributed by atoms with van der Waals surface area (Å²) in [5.74, 6) is -0.889. The highest BCUT2D eigenvalue weighted by atomic mass is 19.4. The molecule has 0 aliphatic heterocycles. The van der Waals surface area contributed by atoms with E-state index in [2.05, 4.69) is 0 Å². The van der Waals surface area contributed by atoms with Crippen LogP contribution < -0.4 is 5.32 Å². The monoisotopic (exact) mass is 271 g/mol. The van der Waals surface area contributed by atoms with Crippen molar-refractivity contribution in [2.45, 2.75) is 19.3 Å². The van der Waals surface area contributed by atoms with Crippen LogP contribution in [-0.2, 0) is 17.1 Å². The largest absolute Gasteiger partial charge is 0.419 e. The molecule has 8 heteroatoms. The van der Waals surface area contributed by atoms with Crippen LogP contribution in [0, 0.1) is 0 Å². The maximum atomic E-state index is 12.6. The van der Waals surface area contributed by atoms with E-state index in [0.717, 1.165) is 19.1 Å². The standard InChI is InChI=1S/C10H7F6NO/c1-5(18)17-7-4-2-3-6(9(11,12)13)8(7)10(14,15)16/h2-4H,1H3,(H,17,18). The van der Waals surface area contributed by atoms with Crippen LogP contribution in [0.1, 0.15) is 18.1 Å². The summed E-state index contributed by atoms with van der Waals surface area (Å²) in [6.45, 7) is 0.903. The van der Waals surface area contributed by atoms with Crippen molar-refractivity contribution in [3.63, 3.8) is 0 Å². The van der Waals surface area contributed by atoms with Crippen LogP contribution in [0.3, 0.4) is 0 Å². The normalized spacial score (nSPS) is 12.4. The molecular weight excluding hydrogens is 264 g/mol. The summed E-state index contributed by atoms with van der Waals surface area (Å²) in [4.78, 5) is 10.7. The van der Waals surface area contributed by atoms with Gasteiger partial charge in [0.05, 0.1) is 16.8 Å². The van der Waals surface area contributed by atoms with E-state index >= 15 is 0 Å². The molecule has 18 heavy (non-hydrogen) atoms. The van der Waals surface area contributed by atoms with Gasteiger partial charge in [-0.1, -0.05) is 6.07 Å². The predicted molar refractivity (Wildman–Crippen MR) is 50.7 cm³/mol. The number of benzene rings is 1. The number of hydrogen-bond donors (Lipinski definition) is 1. The van der Waals surface area contributed by atoms with Gasteiger partial charge in [-0.25, -0.2) is 0 Å². The van der Waals surface area contributed by atoms with Crippen molar-refractivity contribution in [2.24, 2.45) is 0 Å². The van der Waals surface area contributed by atoms with Gasteiger partial charge in [-0.05, 0) is 12.1 Å². The molecule has 1 amide bonds. The average Bonchev–Trinajstić information content (AvgIpc) is 2.13. The molecule has 0 saturated carbocycles. The predicted octanol–water partition coefficient (Wildman–Crippen LogP) is 3.68. The highest BCUT2D eigenvalue weighted by molar-refractivity contribution is 5.90. The fraction of sp³-hybridized carbons (Fsp3) is 0.300. The summed E-state index contributed by atoms with van der Waals surface area (Å²) in [6.07, 6.45) is -10.4. The van der Waals surface area contributed by atoms with Crippen molar-refractivity contribution < 1.29 is 31.1 Å². The summed E-state index contributed by atoms with van der Waals surface area (Å²) in [5.41, 5.74) is -4.64. The Kier molecular flexibility index (Phi) is 3.59. The zero-order valence-corrected chi connectivity index (χ0v) is 8.91. The number of carbonyl (C=O) groups is 1. The summed E-state index contributed by atoms with van der Waals surface area (Å²) in [7, 11) is 0. The zero-order chi connectivity index (χ0) is 14.1. The van der Waals surface area contributed by atoms with Gasteiger partial charge in [-0.2, -0.15) is 26.3 Å². The van der Waals surface area contributed by atoms with Crippen LogP contribution in [0.5, 0.6) is 0 Å². The van der Waals surface area contributed by atoms with Gasteiger partial charge in [0.2, 0.25) is 5.91 Å². The van der Waals surface area contributed by atoms with Crippen molar-refractivity contribution in [2.75, 3.05) is 5.32 Å². The summed E-state index contributed by atoms with van der Waals surface area (Å²) >= 11 is 0. The zero-order valence-electron chi connectivity index (χ0n) is 8.91. The lowest BCUT2D eigenvalue weighted by atomic mass is 10.0. The van der Waals surface area contributed by atoms with E-state index in [9.17, 15) is 31.1 Å². The fourth-order valence-electron chi connectivity index (χ4n) is 1.39. The van der Waals surface area contributed by atoms with Crippen LogP contribution >= 0.6 is 0 Å². The van der Waals surface area contributed by atoms with Crippen molar-refractivity contribution >= 4 is 11.6 Å². The van der Waals surface area contributed by atoms with Crippen LogP contribution in [-0.4, -0.2) is 5.91 Å². The fourth-order valence-corrected chi connectivity index (χ4v) is 1.39. The molecule has 0 fully saturated rings. The van der Waals surface area contributed by atoms with Gasteiger partial charge in [0.15, 0.2) is 0 Å². The average molecular weight is 271 g/mol. The number of carbonyl (C=O) groups excluding carboxylic acids is 1. The minimum atomic E-state index is -5.22. The molecular formula is C10H7F6NO. The highest BCUT2D eigenvalue weighted by Crippen LogP contribution is 2.43. The number of hydrogen-bond acceptors (Lipinski definition) is 1. The minimum absolute atomic E-state index is 0.314. The molecule has 0 atom stereocenters. The molecule has 1 aromatic carbocycles. The summed E-state index contributed by atoms with van der Waals surface area (Å²) in [5, 5.41) is 1.73. The molecule has 100 valence electrons. The summed E-state index contributed by atoms with van der Waals surface area (Å²) < 4.78 is 75.4. The van der Waals surface area contributed by atoms with Gasteiger partial charge in [-0.15, -0.1) is 0 Å². The number of alkyl halides is 6. The Morgan fingerprint density at radius 2 is 1.61 bits per heavy atom. The van der Waals surface area contributed by atoms with Gasteiger partial charge in [-0.3, -0.25) is 4.79 Å². The lowest BCUT2D eigenvalue weighted by molar-refractivity contribution is -0.161. The highest BCUT2D eigenvalue weighted by Gasteiger charge is 2.44. The molecule has 0 saturated heterocycles. The summed E-state index contributed by atoms with van der Waals surface area (Å²) in [6, 6.07) is 1.87. The van der Waals surface area contributed by atoms with Crippen molar-refractivity contribution in [1.82, 2.24) is 0 Å². The Balaban J connectivity index is 3.50. The first-order valence-electron chi connectivity index (χ1n) is 4.58. The van der Waals surface area contributed by atoms with Crippen molar-refractivity contribution in [3.05, 3.63) is 29.3 Å². The molecule has 0 aliphatic carbocycles. The van der Waals surface area contributed by atoms with Gasteiger partial charge in [0.1, 0.15) is 0 Å². The molecule has 0 heterocycles. The second-order valence-corrected chi connectivity index (χ2v) is 3.40. The van der Waals surface area contributed by atoms with E-state index in [0.29, 0.717) is 6.07 Å². The van der Waals surface area contributed by atoms with Gasteiger partial charge >= 0.3 is 12.4 Å². The third-order valence-electron chi connectivity index (χ3n) is 1.96. The Bertz CT molecular complexity index is 462. The molecule has 1 rings (SSSR count). The van der Waals surface area contributed by atoms with E-state index in [1.807, 2.05) is 0 Å². The number of nitrogens with one attached hydrogen (secondary N) is 1. The van der Waals surface area contributed by atoms with Crippen LogP contribution in [0.4, 0.5) is 32.0 Å². The first-order valence-corrected chi connectivity index (χ1v) is 4.58. The second kappa shape index (κ2) is 4.51. The third-order valence-corrected chi connectivity index (χ3v) is 1.96. The van der Waals surface area contributed by atoms with E-state index in [-0.39, 0.29) is 0 Å². The number of rotatable bonds is 1. The molecule has 0 aliphatic rings. The van der Waals surface area contributed by atoms with E-state index in [1.54, 1.807) is 5.32 Å². The minimum Gasteiger partial charge on any atom is -0.326 e. The third kappa shape index (κ3) is 3.14. The molecule has 0 spiro atoms. The lowest BCUT2D eigenvalue weighted by Gasteiger charge is -2.18. The van der Waals surface area contributed by atoms with Crippen molar-refractivity contribution in [3.8, 4) is 0 Å². The molecule has 0 bridgehead atoms. The first-order chi connectivity index (χ1) is 8.03. The number of halogens is 6.